The zero-order valence-electron chi connectivity index (χ0n) is 14.8. The van der Waals surface area contributed by atoms with Crippen molar-refractivity contribution in [2.45, 2.75) is 26.4 Å². The summed E-state index contributed by atoms with van der Waals surface area (Å²) in [5, 5.41) is 15.3. The third-order valence-corrected chi connectivity index (χ3v) is 3.75. The number of hydrogen-bond donors (Lipinski definition) is 1. The van der Waals surface area contributed by atoms with Crippen LogP contribution in [0.15, 0.2) is 54.9 Å². The first-order valence-electron chi connectivity index (χ1n) is 8.51. The summed E-state index contributed by atoms with van der Waals surface area (Å²) in [6, 6.07) is 12.7. The van der Waals surface area contributed by atoms with E-state index in [0.29, 0.717) is 30.3 Å². The smallest absolute Gasteiger partial charge is 0.251 e. The lowest BCUT2D eigenvalue weighted by Crippen LogP contribution is -2.35. The lowest BCUT2D eigenvalue weighted by atomic mass is 10.1. The number of rotatable bonds is 7. The molecule has 1 N–H and O–H groups in total. The molecule has 0 aliphatic heterocycles. The van der Waals surface area contributed by atoms with E-state index in [9.17, 15) is 4.79 Å². The van der Waals surface area contributed by atoms with Crippen LogP contribution in [-0.2, 0) is 6.54 Å². The molecule has 3 rings (SSSR count). The van der Waals surface area contributed by atoms with Gasteiger partial charge in [0.15, 0.2) is 0 Å². The topological polar surface area (TPSA) is 81.9 Å². The van der Waals surface area contributed by atoms with Crippen molar-refractivity contribution in [1.29, 1.82) is 0 Å². The fourth-order valence-electron chi connectivity index (χ4n) is 2.56. The summed E-state index contributed by atoms with van der Waals surface area (Å²) in [5.74, 6) is 0.350. The van der Waals surface area contributed by atoms with E-state index in [1.807, 2.05) is 44.3 Å². The van der Waals surface area contributed by atoms with Gasteiger partial charge in [0.1, 0.15) is 0 Å². The van der Waals surface area contributed by atoms with Gasteiger partial charge in [-0.25, -0.2) is 0 Å². The minimum atomic E-state index is -0.134. The van der Waals surface area contributed by atoms with Gasteiger partial charge in [0.2, 0.25) is 5.88 Å². The Morgan fingerprint density at radius 2 is 2.12 bits per heavy atom. The van der Waals surface area contributed by atoms with Crippen LogP contribution in [0.2, 0.25) is 0 Å². The molecule has 0 saturated carbocycles. The number of hydrogen-bond acceptors (Lipinski definition) is 5. The van der Waals surface area contributed by atoms with Crippen molar-refractivity contribution in [3.63, 3.8) is 0 Å². The Labute approximate surface area is 152 Å². The molecule has 0 spiro atoms. The van der Waals surface area contributed by atoms with Gasteiger partial charge in [0.05, 0.1) is 18.8 Å². The van der Waals surface area contributed by atoms with E-state index in [4.69, 9.17) is 4.74 Å². The lowest BCUT2D eigenvalue weighted by molar-refractivity contribution is 0.0936. The van der Waals surface area contributed by atoms with Crippen LogP contribution in [0.4, 0.5) is 0 Å². The van der Waals surface area contributed by atoms with Gasteiger partial charge in [-0.2, -0.15) is 5.10 Å². The van der Waals surface area contributed by atoms with Gasteiger partial charge in [-0.3, -0.25) is 9.48 Å². The number of ether oxygens (including phenoxy) is 1. The summed E-state index contributed by atoms with van der Waals surface area (Å²) in [6.07, 6.45) is 3.59. The SMILES string of the molecule is CCOc1ccc(-c2cccc(C(=O)N[C@@H](C)Cn3cccn3)c2)nn1. The minimum Gasteiger partial charge on any atom is -0.477 e. The molecule has 2 aromatic heterocycles. The van der Waals surface area contributed by atoms with Gasteiger partial charge >= 0.3 is 0 Å². The molecule has 3 aromatic rings. The van der Waals surface area contributed by atoms with Crippen LogP contribution in [-0.4, -0.2) is 38.5 Å². The summed E-state index contributed by atoms with van der Waals surface area (Å²) >= 11 is 0. The van der Waals surface area contributed by atoms with E-state index in [1.54, 1.807) is 29.1 Å². The first-order chi connectivity index (χ1) is 12.7. The molecule has 1 atom stereocenters. The zero-order chi connectivity index (χ0) is 18.4. The molecular weight excluding hydrogens is 330 g/mol. The van der Waals surface area contributed by atoms with Crippen LogP contribution in [0, 0.1) is 0 Å². The number of carbonyl (C=O) groups is 1. The summed E-state index contributed by atoms with van der Waals surface area (Å²) < 4.78 is 7.09. The van der Waals surface area contributed by atoms with Gasteiger partial charge in [0.25, 0.3) is 5.91 Å². The second kappa shape index (κ2) is 8.24. The fraction of sp³-hybridized carbons (Fsp3) is 0.263. The molecule has 7 heteroatoms. The molecule has 1 amide bonds. The van der Waals surface area contributed by atoms with E-state index in [0.717, 1.165) is 5.56 Å². The molecule has 2 heterocycles. The quantitative estimate of drug-likeness (QED) is 0.707. The second-order valence-electron chi connectivity index (χ2n) is 5.87. The number of nitrogens with zero attached hydrogens (tertiary/aromatic N) is 4. The average molecular weight is 351 g/mol. The maximum Gasteiger partial charge on any atom is 0.251 e. The van der Waals surface area contributed by atoms with Crippen LogP contribution < -0.4 is 10.1 Å². The Bertz CT molecular complexity index is 847. The predicted molar refractivity (Wildman–Crippen MR) is 97.8 cm³/mol. The highest BCUT2D eigenvalue weighted by molar-refractivity contribution is 5.95. The summed E-state index contributed by atoms with van der Waals surface area (Å²) in [5.41, 5.74) is 2.09. The summed E-state index contributed by atoms with van der Waals surface area (Å²) in [6.45, 7) is 5.00. The van der Waals surface area contributed by atoms with Crippen molar-refractivity contribution in [3.8, 4) is 17.1 Å². The highest BCUT2D eigenvalue weighted by Crippen LogP contribution is 2.19. The van der Waals surface area contributed by atoms with Gasteiger partial charge in [-0.05, 0) is 38.1 Å². The minimum absolute atomic E-state index is 0.0451. The van der Waals surface area contributed by atoms with Crippen molar-refractivity contribution in [2.75, 3.05) is 6.61 Å². The molecule has 0 aliphatic carbocycles. The zero-order valence-corrected chi connectivity index (χ0v) is 14.8. The Hall–Kier alpha value is -3.22. The number of aromatic nitrogens is 4. The maximum absolute atomic E-state index is 12.5. The molecule has 0 radical (unpaired) electrons. The molecule has 134 valence electrons. The number of benzene rings is 1. The Balaban J connectivity index is 1.68. The van der Waals surface area contributed by atoms with E-state index in [2.05, 4.69) is 20.6 Å². The summed E-state index contributed by atoms with van der Waals surface area (Å²) in [7, 11) is 0. The number of nitrogens with one attached hydrogen (secondary N) is 1. The second-order valence-corrected chi connectivity index (χ2v) is 5.87. The first-order valence-corrected chi connectivity index (χ1v) is 8.51. The van der Waals surface area contributed by atoms with Gasteiger partial charge in [-0.15, -0.1) is 10.2 Å². The number of carbonyl (C=O) groups excluding carboxylic acids is 1. The molecule has 7 nitrogen and oxygen atoms in total. The van der Waals surface area contributed by atoms with Crippen LogP contribution in [0.1, 0.15) is 24.2 Å². The van der Waals surface area contributed by atoms with E-state index < -0.39 is 0 Å². The largest absolute Gasteiger partial charge is 0.477 e. The van der Waals surface area contributed by atoms with Gasteiger partial charge in [-0.1, -0.05) is 12.1 Å². The van der Waals surface area contributed by atoms with Crippen LogP contribution in [0.25, 0.3) is 11.3 Å². The van der Waals surface area contributed by atoms with Crippen molar-refractivity contribution in [3.05, 3.63) is 60.4 Å². The van der Waals surface area contributed by atoms with Crippen molar-refractivity contribution in [2.24, 2.45) is 0 Å². The molecule has 0 aliphatic rings. The van der Waals surface area contributed by atoms with Crippen molar-refractivity contribution in [1.82, 2.24) is 25.3 Å². The molecule has 0 bridgehead atoms. The standard InChI is InChI=1S/C19H21N5O2/c1-3-26-18-9-8-17(22-23-18)15-6-4-7-16(12-15)19(25)21-14(2)13-24-11-5-10-20-24/h4-12,14H,3,13H2,1-2H3,(H,21,25)/t14-/m0/s1. The highest BCUT2D eigenvalue weighted by atomic mass is 16.5. The van der Waals surface area contributed by atoms with Crippen LogP contribution in [0.5, 0.6) is 5.88 Å². The van der Waals surface area contributed by atoms with Crippen LogP contribution >= 0.6 is 0 Å². The Kier molecular flexibility index (Phi) is 5.58. The molecular formula is C19H21N5O2. The van der Waals surface area contributed by atoms with E-state index >= 15 is 0 Å². The maximum atomic E-state index is 12.5. The Morgan fingerprint density at radius 3 is 2.81 bits per heavy atom. The van der Waals surface area contributed by atoms with Gasteiger partial charge in [0, 0.05) is 35.6 Å². The highest BCUT2D eigenvalue weighted by Gasteiger charge is 2.12. The number of amides is 1. The average Bonchev–Trinajstić information content (AvgIpc) is 3.15. The molecule has 0 fully saturated rings. The fourth-order valence-corrected chi connectivity index (χ4v) is 2.56. The summed E-state index contributed by atoms with van der Waals surface area (Å²) in [4.78, 5) is 12.5. The first kappa shape index (κ1) is 17.6. The monoisotopic (exact) mass is 351 g/mol. The van der Waals surface area contributed by atoms with E-state index in [-0.39, 0.29) is 11.9 Å². The van der Waals surface area contributed by atoms with Crippen LogP contribution in [0.3, 0.4) is 0 Å². The molecule has 0 saturated heterocycles. The van der Waals surface area contributed by atoms with Gasteiger partial charge < -0.3 is 10.1 Å². The normalized spacial score (nSPS) is 11.8. The lowest BCUT2D eigenvalue weighted by Gasteiger charge is -2.14. The van der Waals surface area contributed by atoms with Crippen molar-refractivity contribution >= 4 is 5.91 Å². The predicted octanol–water partition coefficient (Wildman–Crippen LogP) is 2.56. The molecule has 0 unspecified atom stereocenters. The molecule has 26 heavy (non-hydrogen) atoms. The third kappa shape index (κ3) is 4.44. The molecule has 1 aromatic carbocycles. The van der Waals surface area contributed by atoms with Crippen molar-refractivity contribution < 1.29 is 9.53 Å². The third-order valence-electron chi connectivity index (χ3n) is 3.75. The van der Waals surface area contributed by atoms with E-state index in [1.165, 1.54) is 0 Å². The Morgan fingerprint density at radius 1 is 1.23 bits per heavy atom.